The molecule has 0 aromatic heterocycles. The maximum atomic E-state index is 12.2. The standard InChI is InChI=1S/C18H25F3N2O4/c1-15(2,3)26-14(24)22-17-7-16(8-17,9-17)13-6-12(27-23-13)10-4-11(5-10)25-18(19,20)21/h10-12H,4-9H2,1-3H3,(H,22,24). The van der Waals surface area contributed by atoms with Gasteiger partial charge in [-0.05, 0) is 52.9 Å². The van der Waals surface area contributed by atoms with Crippen molar-refractivity contribution < 1.29 is 32.3 Å². The minimum absolute atomic E-state index is 0.0185. The van der Waals surface area contributed by atoms with Gasteiger partial charge in [0.15, 0.2) is 0 Å². The molecular formula is C18H25F3N2O4. The molecule has 0 aromatic rings. The van der Waals surface area contributed by atoms with Gasteiger partial charge in [0.05, 0.1) is 11.8 Å². The number of amides is 1. The molecule has 4 aliphatic carbocycles. The molecule has 0 spiro atoms. The fourth-order valence-corrected chi connectivity index (χ4v) is 4.90. The normalized spacial score (nSPS) is 40.1. The highest BCUT2D eigenvalue weighted by Gasteiger charge is 2.71. The van der Waals surface area contributed by atoms with Crippen molar-refractivity contribution >= 4 is 11.8 Å². The molecule has 1 N–H and O–H groups in total. The van der Waals surface area contributed by atoms with E-state index in [0.717, 1.165) is 25.0 Å². The van der Waals surface area contributed by atoms with Crippen molar-refractivity contribution in [2.45, 2.75) is 89.0 Å². The Balaban J connectivity index is 1.21. The molecule has 0 radical (unpaired) electrons. The maximum absolute atomic E-state index is 12.2. The predicted molar refractivity (Wildman–Crippen MR) is 89.0 cm³/mol. The molecule has 1 aliphatic heterocycles. The summed E-state index contributed by atoms with van der Waals surface area (Å²) in [6, 6.07) is 0. The smallest absolute Gasteiger partial charge is 0.444 e. The van der Waals surface area contributed by atoms with Crippen LogP contribution in [-0.4, -0.2) is 41.5 Å². The average Bonchev–Trinajstić information content (AvgIpc) is 2.81. The van der Waals surface area contributed by atoms with E-state index in [9.17, 15) is 18.0 Å². The Labute approximate surface area is 155 Å². The summed E-state index contributed by atoms with van der Waals surface area (Å²) < 4.78 is 46.0. The average molecular weight is 390 g/mol. The van der Waals surface area contributed by atoms with E-state index in [-0.39, 0.29) is 23.0 Å². The third-order valence-corrected chi connectivity index (χ3v) is 6.06. The van der Waals surface area contributed by atoms with Crippen molar-refractivity contribution in [3.05, 3.63) is 0 Å². The van der Waals surface area contributed by atoms with Gasteiger partial charge in [-0.1, -0.05) is 5.16 Å². The second-order valence-corrected chi connectivity index (χ2v) is 9.52. The van der Waals surface area contributed by atoms with Gasteiger partial charge in [-0.15, -0.1) is 13.2 Å². The summed E-state index contributed by atoms with van der Waals surface area (Å²) in [5.74, 6) is 0.0554. The number of rotatable bonds is 4. The van der Waals surface area contributed by atoms with Gasteiger partial charge < -0.3 is 14.9 Å². The highest BCUT2D eigenvalue weighted by atomic mass is 19.4. The van der Waals surface area contributed by atoms with Gasteiger partial charge in [0.25, 0.3) is 0 Å². The van der Waals surface area contributed by atoms with E-state index in [1.165, 1.54) is 0 Å². The van der Waals surface area contributed by atoms with Crippen molar-refractivity contribution in [3.8, 4) is 0 Å². The van der Waals surface area contributed by atoms with Crippen molar-refractivity contribution in [3.63, 3.8) is 0 Å². The van der Waals surface area contributed by atoms with Gasteiger partial charge in [0.2, 0.25) is 0 Å². The quantitative estimate of drug-likeness (QED) is 0.791. The zero-order chi connectivity index (χ0) is 19.7. The number of alkyl carbamates (subject to hydrolysis) is 1. The van der Waals surface area contributed by atoms with Crippen LogP contribution in [0.1, 0.15) is 59.3 Å². The molecule has 5 aliphatic rings. The summed E-state index contributed by atoms with van der Waals surface area (Å²) in [4.78, 5) is 17.5. The Morgan fingerprint density at radius 2 is 1.85 bits per heavy atom. The molecule has 5 rings (SSSR count). The van der Waals surface area contributed by atoms with E-state index in [0.29, 0.717) is 19.3 Å². The molecular weight excluding hydrogens is 365 g/mol. The number of hydrogen-bond donors (Lipinski definition) is 1. The summed E-state index contributed by atoms with van der Waals surface area (Å²) in [7, 11) is 0. The minimum atomic E-state index is -4.57. The molecule has 9 heteroatoms. The number of oxime groups is 1. The zero-order valence-corrected chi connectivity index (χ0v) is 15.7. The fraction of sp³-hybridized carbons (Fsp3) is 0.889. The lowest BCUT2D eigenvalue weighted by atomic mass is 9.37. The Bertz CT molecular complexity index is 645. The molecule has 152 valence electrons. The Morgan fingerprint density at radius 1 is 1.22 bits per heavy atom. The van der Waals surface area contributed by atoms with Gasteiger partial charge in [0, 0.05) is 23.3 Å². The third kappa shape index (κ3) is 3.62. The molecule has 1 heterocycles. The summed E-state index contributed by atoms with van der Waals surface area (Å²) >= 11 is 0. The first kappa shape index (κ1) is 18.8. The van der Waals surface area contributed by atoms with Crippen LogP contribution < -0.4 is 5.32 Å². The highest BCUT2D eigenvalue weighted by molar-refractivity contribution is 5.95. The lowest BCUT2D eigenvalue weighted by Crippen LogP contribution is -2.77. The molecule has 0 aromatic carbocycles. The zero-order valence-electron chi connectivity index (χ0n) is 15.7. The van der Waals surface area contributed by atoms with Crippen LogP contribution in [0.15, 0.2) is 5.16 Å². The number of ether oxygens (including phenoxy) is 2. The van der Waals surface area contributed by atoms with E-state index in [2.05, 4.69) is 15.2 Å². The van der Waals surface area contributed by atoms with Gasteiger partial charge in [-0.2, -0.15) is 0 Å². The van der Waals surface area contributed by atoms with Gasteiger partial charge in [-0.3, -0.25) is 4.74 Å². The lowest BCUT2D eigenvalue weighted by Gasteiger charge is -2.70. The van der Waals surface area contributed by atoms with E-state index < -0.39 is 24.2 Å². The minimum Gasteiger partial charge on any atom is -0.444 e. The summed E-state index contributed by atoms with van der Waals surface area (Å²) in [5.41, 5.74) is 0.235. The molecule has 0 saturated heterocycles. The second kappa shape index (κ2) is 5.75. The molecule has 1 amide bonds. The number of alkyl halides is 3. The fourth-order valence-electron chi connectivity index (χ4n) is 4.90. The van der Waals surface area contributed by atoms with Crippen LogP contribution in [0.4, 0.5) is 18.0 Å². The molecule has 1 atom stereocenters. The highest BCUT2D eigenvalue weighted by Crippen LogP contribution is 2.69. The first-order chi connectivity index (χ1) is 12.4. The van der Waals surface area contributed by atoms with Crippen molar-refractivity contribution in [1.29, 1.82) is 0 Å². The molecule has 1 unspecified atom stereocenters. The molecule has 4 fully saturated rings. The molecule has 27 heavy (non-hydrogen) atoms. The van der Waals surface area contributed by atoms with Crippen LogP contribution in [0, 0.1) is 11.3 Å². The van der Waals surface area contributed by atoms with Gasteiger partial charge in [0.1, 0.15) is 11.7 Å². The van der Waals surface area contributed by atoms with Crippen LogP contribution in [0.2, 0.25) is 0 Å². The van der Waals surface area contributed by atoms with Crippen LogP contribution in [0.5, 0.6) is 0 Å². The summed E-state index contributed by atoms with van der Waals surface area (Å²) in [6.07, 6.45) is -2.08. The number of carbonyl (C=O) groups excluding carboxylic acids is 1. The van der Waals surface area contributed by atoms with E-state index >= 15 is 0 Å². The van der Waals surface area contributed by atoms with Crippen LogP contribution >= 0.6 is 0 Å². The first-order valence-electron chi connectivity index (χ1n) is 9.36. The maximum Gasteiger partial charge on any atom is 0.522 e. The van der Waals surface area contributed by atoms with Gasteiger partial charge in [-0.25, -0.2) is 4.79 Å². The monoisotopic (exact) mass is 390 g/mol. The van der Waals surface area contributed by atoms with Crippen molar-refractivity contribution in [2.75, 3.05) is 0 Å². The molecule has 4 saturated carbocycles. The van der Waals surface area contributed by atoms with Crippen LogP contribution in [-0.2, 0) is 14.3 Å². The van der Waals surface area contributed by atoms with E-state index in [4.69, 9.17) is 9.57 Å². The predicted octanol–water partition coefficient (Wildman–Crippen LogP) is 3.89. The lowest BCUT2D eigenvalue weighted by molar-refractivity contribution is -0.356. The molecule has 6 nitrogen and oxygen atoms in total. The topological polar surface area (TPSA) is 69.2 Å². The number of hydrogen-bond acceptors (Lipinski definition) is 5. The summed E-state index contributed by atoms with van der Waals surface area (Å²) in [6.45, 7) is 5.47. The van der Waals surface area contributed by atoms with Crippen molar-refractivity contribution in [2.24, 2.45) is 16.5 Å². The number of carbonyl (C=O) groups is 1. The molecule has 2 bridgehead atoms. The second-order valence-electron chi connectivity index (χ2n) is 9.52. The Kier molecular flexibility index (Phi) is 4.01. The van der Waals surface area contributed by atoms with Crippen LogP contribution in [0.3, 0.4) is 0 Å². The Morgan fingerprint density at radius 3 is 2.41 bits per heavy atom. The van der Waals surface area contributed by atoms with Crippen LogP contribution in [0.25, 0.3) is 0 Å². The number of halogens is 3. The number of nitrogens with zero attached hydrogens (tertiary/aromatic N) is 1. The van der Waals surface area contributed by atoms with Gasteiger partial charge >= 0.3 is 12.5 Å². The van der Waals surface area contributed by atoms with Crippen molar-refractivity contribution in [1.82, 2.24) is 5.32 Å². The first-order valence-corrected chi connectivity index (χ1v) is 9.36. The Hall–Kier alpha value is -1.51. The summed E-state index contributed by atoms with van der Waals surface area (Å²) in [5, 5.41) is 7.20. The third-order valence-electron chi connectivity index (χ3n) is 6.06. The number of nitrogens with one attached hydrogen (secondary N) is 1. The van der Waals surface area contributed by atoms with E-state index in [1.54, 1.807) is 0 Å². The van der Waals surface area contributed by atoms with E-state index in [1.807, 2.05) is 20.8 Å². The largest absolute Gasteiger partial charge is 0.522 e. The SMILES string of the molecule is CC(C)(C)OC(=O)NC12CC(C3=NOC(C4CC(OC(F)(F)F)C4)C3)(C1)C2.